The SMILES string of the molecule is CCc1cc(OC(=O)c2ccc(OC)cc2OC)n(-c2cccc(Cl)c2)n1. The largest absolute Gasteiger partial charge is 0.497 e. The number of esters is 1. The van der Waals surface area contributed by atoms with Gasteiger partial charge in [0.15, 0.2) is 0 Å². The molecule has 0 bridgehead atoms. The van der Waals surface area contributed by atoms with Gasteiger partial charge in [0.25, 0.3) is 0 Å². The number of rotatable bonds is 6. The van der Waals surface area contributed by atoms with Gasteiger partial charge in [-0.2, -0.15) is 5.10 Å². The van der Waals surface area contributed by atoms with Gasteiger partial charge in [-0.15, -0.1) is 0 Å². The first-order chi connectivity index (χ1) is 13.0. The van der Waals surface area contributed by atoms with E-state index in [1.165, 1.54) is 7.11 Å². The summed E-state index contributed by atoms with van der Waals surface area (Å²) in [6.45, 7) is 1.97. The van der Waals surface area contributed by atoms with Crippen molar-refractivity contribution in [3.05, 3.63) is 64.8 Å². The number of ether oxygens (including phenoxy) is 3. The fourth-order valence-electron chi connectivity index (χ4n) is 2.57. The molecule has 140 valence electrons. The maximum atomic E-state index is 12.7. The molecule has 0 saturated carbocycles. The molecule has 0 fully saturated rings. The van der Waals surface area contributed by atoms with Crippen molar-refractivity contribution in [2.45, 2.75) is 13.3 Å². The third-order valence-corrected chi connectivity index (χ3v) is 4.20. The maximum absolute atomic E-state index is 12.7. The highest BCUT2D eigenvalue weighted by atomic mass is 35.5. The molecule has 0 unspecified atom stereocenters. The third-order valence-electron chi connectivity index (χ3n) is 3.97. The Hall–Kier alpha value is -2.99. The molecular weight excluding hydrogens is 368 g/mol. The first-order valence-electron chi connectivity index (χ1n) is 8.34. The summed E-state index contributed by atoms with van der Waals surface area (Å²) in [4.78, 5) is 12.7. The molecule has 7 heteroatoms. The van der Waals surface area contributed by atoms with Gasteiger partial charge in [-0.05, 0) is 36.8 Å². The summed E-state index contributed by atoms with van der Waals surface area (Å²) in [6, 6.07) is 13.8. The van der Waals surface area contributed by atoms with Crippen LogP contribution in [0.1, 0.15) is 23.0 Å². The molecule has 0 atom stereocenters. The summed E-state index contributed by atoms with van der Waals surface area (Å²) in [5.41, 5.74) is 1.78. The molecule has 0 aliphatic rings. The zero-order valence-corrected chi connectivity index (χ0v) is 16.0. The van der Waals surface area contributed by atoms with Crippen LogP contribution in [0.4, 0.5) is 0 Å². The van der Waals surface area contributed by atoms with Gasteiger partial charge in [-0.1, -0.05) is 24.6 Å². The predicted molar refractivity (Wildman–Crippen MR) is 102 cm³/mol. The third kappa shape index (κ3) is 4.06. The summed E-state index contributed by atoms with van der Waals surface area (Å²) >= 11 is 6.08. The Morgan fingerprint density at radius 2 is 1.93 bits per heavy atom. The Morgan fingerprint density at radius 3 is 2.59 bits per heavy atom. The van der Waals surface area contributed by atoms with E-state index in [1.54, 1.807) is 48.2 Å². The van der Waals surface area contributed by atoms with Crippen LogP contribution in [0.2, 0.25) is 5.02 Å². The van der Waals surface area contributed by atoms with Crippen LogP contribution in [0.5, 0.6) is 17.4 Å². The Balaban J connectivity index is 1.96. The second-order valence-electron chi connectivity index (χ2n) is 5.67. The number of halogens is 1. The van der Waals surface area contributed by atoms with Crippen LogP contribution >= 0.6 is 11.6 Å². The van der Waals surface area contributed by atoms with E-state index in [0.29, 0.717) is 34.5 Å². The Kier molecular flexibility index (Phi) is 5.66. The van der Waals surface area contributed by atoms with Crippen LogP contribution in [-0.2, 0) is 6.42 Å². The number of aromatic nitrogens is 2. The second kappa shape index (κ2) is 8.14. The molecule has 3 rings (SSSR count). The predicted octanol–water partition coefficient (Wildman–Crippen LogP) is 4.32. The quantitative estimate of drug-likeness (QED) is 0.590. The van der Waals surface area contributed by atoms with Gasteiger partial charge in [0.1, 0.15) is 17.1 Å². The average Bonchev–Trinajstić information content (AvgIpc) is 3.10. The number of hydrogen-bond acceptors (Lipinski definition) is 5. The molecule has 0 radical (unpaired) electrons. The lowest BCUT2D eigenvalue weighted by atomic mass is 10.2. The van der Waals surface area contributed by atoms with E-state index in [-0.39, 0.29) is 5.56 Å². The Morgan fingerprint density at radius 1 is 1.11 bits per heavy atom. The minimum Gasteiger partial charge on any atom is -0.497 e. The molecule has 0 aliphatic carbocycles. The number of methoxy groups -OCH3 is 2. The molecule has 1 aromatic heterocycles. The van der Waals surface area contributed by atoms with E-state index in [4.69, 9.17) is 25.8 Å². The molecule has 0 saturated heterocycles. The number of hydrogen-bond donors (Lipinski definition) is 0. The molecule has 0 N–H and O–H groups in total. The number of carbonyl (C=O) groups is 1. The van der Waals surface area contributed by atoms with Crippen molar-refractivity contribution >= 4 is 17.6 Å². The fourth-order valence-corrected chi connectivity index (χ4v) is 2.75. The lowest BCUT2D eigenvalue weighted by Gasteiger charge is -2.11. The molecule has 1 heterocycles. The number of nitrogens with zero attached hydrogens (tertiary/aromatic N) is 2. The zero-order chi connectivity index (χ0) is 19.4. The van der Waals surface area contributed by atoms with Crippen LogP contribution < -0.4 is 14.2 Å². The van der Waals surface area contributed by atoms with E-state index in [9.17, 15) is 4.79 Å². The standard InChI is InChI=1S/C20H19ClN2O4/c1-4-14-11-19(23(22-14)15-7-5-6-13(21)10-15)27-20(24)17-9-8-16(25-2)12-18(17)26-3/h5-12H,4H2,1-3H3. The molecule has 6 nitrogen and oxygen atoms in total. The van der Waals surface area contributed by atoms with Gasteiger partial charge in [-0.3, -0.25) is 0 Å². The Labute approximate surface area is 162 Å². The van der Waals surface area contributed by atoms with Gasteiger partial charge >= 0.3 is 5.97 Å². The second-order valence-corrected chi connectivity index (χ2v) is 6.11. The van der Waals surface area contributed by atoms with Gasteiger partial charge in [-0.25, -0.2) is 9.48 Å². The number of aryl methyl sites for hydroxylation is 1. The molecule has 2 aromatic carbocycles. The molecule has 0 amide bonds. The summed E-state index contributed by atoms with van der Waals surface area (Å²) in [5.74, 6) is 0.696. The van der Waals surface area contributed by atoms with Crippen LogP contribution in [0.15, 0.2) is 48.5 Å². The van der Waals surface area contributed by atoms with E-state index in [2.05, 4.69) is 5.10 Å². The van der Waals surface area contributed by atoms with E-state index in [1.807, 2.05) is 19.1 Å². The first-order valence-corrected chi connectivity index (χ1v) is 8.72. The van der Waals surface area contributed by atoms with Gasteiger partial charge in [0.05, 0.1) is 25.6 Å². The smallest absolute Gasteiger partial charge is 0.348 e. The van der Waals surface area contributed by atoms with Crippen LogP contribution in [0, 0.1) is 0 Å². The number of carbonyl (C=O) groups excluding carboxylic acids is 1. The first kappa shape index (κ1) is 18.8. The van der Waals surface area contributed by atoms with Crippen LogP contribution in [-0.4, -0.2) is 30.0 Å². The average molecular weight is 387 g/mol. The van der Waals surface area contributed by atoms with Crippen molar-refractivity contribution in [2.24, 2.45) is 0 Å². The molecule has 27 heavy (non-hydrogen) atoms. The van der Waals surface area contributed by atoms with Crippen molar-refractivity contribution in [1.82, 2.24) is 9.78 Å². The highest BCUT2D eigenvalue weighted by Crippen LogP contribution is 2.27. The Bertz CT molecular complexity index is 968. The topological polar surface area (TPSA) is 62.6 Å². The zero-order valence-electron chi connectivity index (χ0n) is 15.2. The minimum atomic E-state index is -0.555. The summed E-state index contributed by atoms with van der Waals surface area (Å²) in [6.07, 6.45) is 0.698. The molecule has 3 aromatic rings. The fraction of sp³-hybridized carbons (Fsp3) is 0.200. The maximum Gasteiger partial charge on any atom is 0.348 e. The van der Waals surface area contributed by atoms with E-state index >= 15 is 0 Å². The normalized spacial score (nSPS) is 10.5. The number of benzene rings is 2. The monoisotopic (exact) mass is 386 g/mol. The molecule has 0 spiro atoms. The van der Waals surface area contributed by atoms with E-state index < -0.39 is 5.97 Å². The van der Waals surface area contributed by atoms with Crippen molar-refractivity contribution < 1.29 is 19.0 Å². The van der Waals surface area contributed by atoms with E-state index in [0.717, 1.165) is 5.69 Å². The van der Waals surface area contributed by atoms with Crippen molar-refractivity contribution in [3.63, 3.8) is 0 Å². The van der Waals surface area contributed by atoms with Crippen LogP contribution in [0.25, 0.3) is 5.69 Å². The summed E-state index contributed by atoms with van der Waals surface area (Å²) < 4.78 is 17.6. The van der Waals surface area contributed by atoms with Crippen molar-refractivity contribution in [2.75, 3.05) is 14.2 Å². The van der Waals surface area contributed by atoms with Gasteiger partial charge in [0.2, 0.25) is 5.88 Å². The van der Waals surface area contributed by atoms with Crippen LogP contribution in [0.3, 0.4) is 0 Å². The minimum absolute atomic E-state index is 0.287. The summed E-state index contributed by atoms with van der Waals surface area (Å²) in [7, 11) is 3.03. The van der Waals surface area contributed by atoms with Gasteiger partial charge < -0.3 is 14.2 Å². The highest BCUT2D eigenvalue weighted by molar-refractivity contribution is 6.30. The lowest BCUT2D eigenvalue weighted by molar-refractivity contribution is 0.0719. The molecular formula is C20H19ClN2O4. The molecule has 0 aliphatic heterocycles. The highest BCUT2D eigenvalue weighted by Gasteiger charge is 2.19. The lowest BCUT2D eigenvalue weighted by Crippen LogP contribution is -2.13. The van der Waals surface area contributed by atoms with Gasteiger partial charge in [0, 0.05) is 17.2 Å². The van der Waals surface area contributed by atoms with Crippen molar-refractivity contribution in [3.8, 4) is 23.1 Å². The van der Waals surface area contributed by atoms with Crippen molar-refractivity contribution in [1.29, 1.82) is 0 Å². The summed E-state index contributed by atoms with van der Waals surface area (Å²) in [5, 5.41) is 5.05.